The largest absolute Gasteiger partial charge is 0.507 e. The second kappa shape index (κ2) is 5.32. The Morgan fingerprint density at radius 3 is 2.56 bits per heavy atom. The highest BCUT2D eigenvalue weighted by atomic mass is 35.5. The number of phenolic OH excluding ortho intramolecular Hbond substituents is 1. The van der Waals surface area contributed by atoms with E-state index in [4.69, 9.17) is 11.6 Å². The molecule has 0 radical (unpaired) electrons. The monoisotopic (exact) mass is 261 g/mol. The Kier molecular flexibility index (Phi) is 3.78. The van der Waals surface area contributed by atoms with Gasteiger partial charge in [-0.2, -0.15) is 0 Å². The zero-order valence-corrected chi connectivity index (χ0v) is 11.3. The van der Waals surface area contributed by atoms with Crippen LogP contribution in [-0.4, -0.2) is 5.11 Å². The summed E-state index contributed by atoms with van der Waals surface area (Å²) in [7, 11) is 0. The number of rotatable bonds is 3. The lowest BCUT2D eigenvalue weighted by Gasteiger charge is -2.13. The van der Waals surface area contributed by atoms with Crippen LogP contribution in [0.25, 0.3) is 0 Å². The minimum absolute atomic E-state index is 0.346. The molecule has 94 valence electrons. The van der Waals surface area contributed by atoms with Crippen LogP contribution in [0.5, 0.6) is 5.75 Å². The molecule has 2 nitrogen and oxygen atoms in total. The van der Waals surface area contributed by atoms with Crippen molar-refractivity contribution in [1.82, 2.24) is 0 Å². The summed E-state index contributed by atoms with van der Waals surface area (Å²) < 4.78 is 0. The molecule has 0 unspecified atom stereocenters. The van der Waals surface area contributed by atoms with E-state index < -0.39 is 0 Å². The van der Waals surface area contributed by atoms with E-state index in [1.54, 1.807) is 0 Å². The summed E-state index contributed by atoms with van der Waals surface area (Å²) >= 11 is 6.10. The van der Waals surface area contributed by atoms with Gasteiger partial charge in [-0.05, 0) is 37.1 Å². The Morgan fingerprint density at radius 2 is 1.83 bits per heavy atom. The fourth-order valence-corrected chi connectivity index (χ4v) is 2.06. The lowest BCUT2D eigenvalue weighted by atomic mass is 10.1. The summed E-state index contributed by atoms with van der Waals surface area (Å²) in [6, 6.07) is 11.6. The number of hydrogen-bond donors (Lipinski definition) is 2. The van der Waals surface area contributed by atoms with E-state index in [0.717, 1.165) is 27.4 Å². The number of aryl methyl sites for hydroxylation is 1. The summed E-state index contributed by atoms with van der Waals surface area (Å²) in [6.45, 7) is 4.43. The Hall–Kier alpha value is -1.67. The van der Waals surface area contributed by atoms with Gasteiger partial charge in [0, 0.05) is 22.8 Å². The first-order chi connectivity index (χ1) is 8.59. The van der Waals surface area contributed by atoms with Crippen molar-refractivity contribution in [2.45, 2.75) is 20.4 Å². The number of benzene rings is 2. The van der Waals surface area contributed by atoms with Crippen LogP contribution < -0.4 is 5.32 Å². The third kappa shape index (κ3) is 2.59. The van der Waals surface area contributed by atoms with E-state index in [-0.39, 0.29) is 0 Å². The van der Waals surface area contributed by atoms with Crippen LogP contribution in [0.15, 0.2) is 36.4 Å². The highest BCUT2D eigenvalue weighted by Crippen LogP contribution is 2.28. The standard InChI is InChI=1S/C15H16ClNO/c1-10-7-8-14(11(2)15(10)18)17-9-12-5-3-4-6-13(12)16/h3-8,17-18H,9H2,1-2H3. The van der Waals surface area contributed by atoms with Crippen LogP contribution in [0.1, 0.15) is 16.7 Å². The van der Waals surface area contributed by atoms with Gasteiger partial charge in [0.1, 0.15) is 5.75 Å². The molecule has 2 rings (SSSR count). The average Bonchev–Trinajstić information content (AvgIpc) is 2.37. The maximum atomic E-state index is 9.87. The smallest absolute Gasteiger partial charge is 0.123 e. The predicted molar refractivity (Wildman–Crippen MR) is 76.4 cm³/mol. The highest BCUT2D eigenvalue weighted by molar-refractivity contribution is 6.31. The SMILES string of the molecule is Cc1ccc(NCc2ccccc2Cl)c(C)c1O. The highest BCUT2D eigenvalue weighted by Gasteiger charge is 2.06. The van der Waals surface area contributed by atoms with Gasteiger partial charge in [0.15, 0.2) is 0 Å². The lowest BCUT2D eigenvalue weighted by Crippen LogP contribution is -2.02. The fourth-order valence-electron chi connectivity index (χ4n) is 1.86. The molecule has 0 spiro atoms. The molecule has 3 heteroatoms. The molecule has 0 aromatic heterocycles. The third-order valence-corrected chi connectivity index (χ3v) is 3.43. The minimum Gasteiger partial charge on any atom is -0.507 e. The molecule has 0 aliphatic carbocycles. The van der Waals surface area contributed by atoms with Crippen molar-refractivity contribution in [2.75, 3.05) is 5.32 Å². The molecule has 0 atom stereocenters. The molecule has 0 fully saturated rings. The van der Waals surface area contributed by atoms with Crippen molar-refractivity contribution >= 4 is 17.3 Å². The van der Waals surface area contributed by atoms with E-state index in [0.29, 0.717) is 12.3 Å². The number of phenols is 1. The summed E-state index contributed by atoms with van der Waals surface area (Å²) in [5.41, 5.74) is 3.72. The van der Waals surface area contributed by atoms with Gasteiger partial charge in [0.2, 0.25) is 0 Å². The van der Waals surface area contributed by atoms with Crippen molar-refractivity contribution in [2.24, 2.45) is 0 Å². The summed E-state index contributed by atoms with van der Waals surface area (Å²) in [5.74, 6) is 0.346. The van der Waals surface area contributed by atoms with Gasteiger partial charge in [0.05, 0.1) is 0 Å². The van der Waals surface area contributed by atoms with Crippen molar-refractivity contribution in [1.29, 1.82) is 0 Å². The first kappa shape index (κ1) is 12.8. The van der Waals surface area contributed by atoms with Gasteiger partial charge < -0.3 is 10.4 Å². The molecule has 2 N–H and O–H groups in total. The second-order valence-electron chi connectivity index (χ2n) is 4.35. The molecule has 0 amide bonds. The molecule has 0 bridgehead atoms. The quantitative estimate of drug-likeness (QED) is 0.865. The van der Waals surface area contributed by atoms with Gasteiger partial charge in [0.25, 0.3) is 0 Å². The molecule has 0 aliphatic heterocycles. The maximum Gasteiger partial charge on any atom is 0.123 e. The summed E-state index contributed by atoms with van der Waals surface area (Å²) in [6.07, 6.45) is 0. The van der Waals surface area contributed by atoms with Crippen LogP contribution in [0.2, 0.25) is 5.02 Å². The van der Waals surface area contributed by atoms with Crippen LogP contribution in [0.3, 0.4) is 0 Å². The van der Waals surface area contributed by atoms with Crippen LogP contribution in [-0.2, 0) is 6.54 Å². The molecule has 0 aliphatic rings. The molecule has 2 aromatic carbocycles. The molecule has 2 aromatic rings. The maximum absolute atomic E-state index is 9.87. The van der Waals surface area contributed by atoms with E-state index in [1.807, 2.05) is 50.2 Å². The van der Waals surface area contributed by atoms with Gasteiger partial charge in [-0.15, -0.1) is 0 Å². The van der Waals surface area contributed by atoms with Gasteiger partial charge in [-0.3, -0.25) is 0 Å². The van der Waals surface area contributed by atoms with E-state index in [9.17, 15) is 5.11 Å². The van der Waals surface area contributed by atoms with Crippen molar-refractivity contribution in [3.05, 3.63) is 58.1 Å². The molecule has 0 saturated carbocycles. The summed E-state index contributed by atoms with van der Waals surface area (Å²) in [5, 5.41) is 13.9. The number of aromatic hydroxyl groups is 1. The zero-order valence-electron chi connectivity index (χ0n) is 10.5. The fraction of sp³-hybridized carbons (Fsp3) is 0.200. The molecule has 0 heterocycles. The lowest BCUT2D eigenvalue weighted by molar-refractivity contribution is 0.467. The second-order valence-corrected chi connectivity index (χ2v) is 4.76. The van der Waals surface area contributed by atoms with E-state index in [2.05, 4.69) is 5.32 Å². The minimum atomic E-state index is 0.346. The summed E-state index contributed by atoms with van der Waals surface area (Å²) in [4.78, 5) is 0. The van der Waals surface area contributed by atoms with Crippen LogP contribution in [0, 0.1) is 13.8 Å². The first-order valence-electron chi connectivity index (χ1n) is 5.86. The first-order valence-corrected chi connectivity index (χ1v) is 6.24. The third-order valence-electron chi connectivity index (χ3n) is 3.06. The van der Waals surface area contributed by atoms with Crippen molar-refractivity contribution in [3.8, 4) is 5.75 Å². The van der Waals surface area contributed by atoms with Crippen molar-refractivity contribution in [3.63, 3.8) is 0 Å². The molecular formula is C15H16ClNO. The van der Waals surface area contributed by atoms with E-state index >= 15 is 0 Å². The van der Waals surface area contributed by atoms with Crippen LogP contribution >= 0.6 is 11.6 Å². The van der Waals surface area contributed by atoms with Gasteiger partial charge in [-0.1, -0.05) is 35.9 Å². The molecule has 18 heavy (non-hydrogen) atoms. The Bertz CT molecular complexity index is 566. The van der Waals surface area contributed by atoms with E-state index in [1.165, 1.54) is 0 Å². The average molecular weight is 262 g/mol. The zero-order chi connectivity index (χ0) is 13.1. The number of anilines is 1. The molecular weight excluding hydrogens is 246 g/mol. The predicted octanol–water partition coefficient (Wildman–Crippen LogP) is 4.27. The molecule has 0 saturated heterocycles. The topological polar surface area (TPSA) is 32.3 Å². The van der Waals surface area contributed by atoms with Gasteiger partial charge in [-0.25, -0.2) is 0 Å². The number of hydrogen-bond acceptors (Lipinski definition) is 2. The Balaban J connectivity index is 2.17. The number of nitrogens with one attached hydrogen (secondary N) is 1. The van der Waals surface area contributed by atoms with Crippen LogP contribution in [0.4, 0.5) is 5.69 Å². The van der Waals surface area contributed by atoms with Gasteiger partial charge >= 0.3 is 0 Å². The Morgan fingerprint density at radius 1 is 1.11 bits per heavy atom. The van der Waals surface area contributed by atoms with Crippen molar-refractivity contribution < 1.29 is 5.11 Å². The number of halogens is 1. The Labute approximate surface area is 112 Å². The normalized spacial score (nSPS) is 10.4.